The molecule has 4 N–H and O–H groups in total. The number of nitrogens with one attached hydrogen (secondary N) is 2. The molecule has 2 aromatic rings. The van der Waals surface area contributed by atoms with Crippen molar-refractivity contribution in [2.24, 2.45) is 0 Å². The minimum Gasteiger partial charge on any atom is -0.507 e. The van der Waals surface area contributed by atoms with Gasteiger partial charge in [0.25, 0.3) is 5.91 Å². The first-order chi connectivity index (χ1) is 15.3. The van der Waals surface area contributed by atoms with Crippen molar-refractivity contribution < 1.29 is 24.2 Å². The SMILES string of the molecule is N=C(C1=C(NC(=O)c2c(Cl)cccc2C2CC2)CCCC1)c1cc(O)c(C(=O)O)cc1F. The Morgan fingerprint density at radius 3 is 2.53 bits per heavy atom. The smallest absolute Gasteiger partial charge is 0.339 e. The first kappa shape index (κ1) is 22.0. The van der Waals surface area contributed by atoms with Crippen molar-refractivity contribution in [1.29, 1.82) is 5.41 Å². The Balaban J connectivity index is 1.68. The minimum atomic E-state index is -1.46. The van der Waals surface area contributed by atoms with Crippen LogP contribution in [0.3, 0.4) is 0 Å². The molecule has 0 bridgehead atoms. The fourth-order valence-electron chi connectivity index (χ4n) is 4.12. The minimum absolute atomic E-state index is 0.189. The summed E-state index contributed by atoms with van der Waals surface area (Å²) in [5.74, 6) is -3.04. The van der Waals surface area contributed by atoms with Gasteiger partial charge in [-0.1, -0.05) is 23.7 Å². The van der Waals surface area contributed by atoms with Crippen LogP contribution in [-0.2, 0) is 0 Å². The molecule has 2 aliphatic rings. The Kier molecular flexibility index (Phi) is 6.02. The number of carboxylic acid groups (broad SMARTS) is 1. The molecule has 166 valence electrons. The van der Waals surface area contributed by atoms with Gasteiger partial charge in [-0.25, -0.2) is 9.18 Å². The number of carbonyl (C=O) groups excluding carboxylic acids is 1. The number of amides is 1. The van der Waals surface area contributed by atoms with Gasteiger partial charge in [-0.15, -0.1) is 0 Å². The van der Waals surface area contributed by atoms with Crippen LogP contribution in [0, 0.1) is 11.2 Å². The van der Waals surface area contributed by atoms with Gasteiger partial charge in [0.1, 0.15) is 17.1 Å². The second kappa shape index (κ2) is 8.74. The molecule has 0 radical (unpaired) electrons. The lowest BCUT2D eigenvalue weighted by Gasteiger charge is -2.23. The van der Waals surface area contributed by atoms with Gasteiger partial charge in [0.2, 0.25) is 0 Å². The maximum absolute atomic E-state index is 14.6. The molecule has 2 aromatic carbocycles. The summed E-state index contributed by atoms with van der Waals surface area (Å²) >= 11 is 6.34. The monoisotopic (exact) mass is 456 g/mol. The first-order valence-corrected chi connectivity index (χ1v) is 10.8. The molecule has 0 saturated heterocycles. The fraction of sp³-hybridized carbons (Fsp3) is 0.292. The number of rotatable bonds is 6. The van der Waals surface area contributed by atoms with E-state index in [1.165, 1.54) is 0 Å². The van der Waals surface area contributed by atoms with Gasteiger partial charge in [0.05, 0.1) is 16.3 Å². The van der Waals surface area contributed by atoms with E-state index in [1.807, 2.05) is 12.1 Å². The summed E-state index contributed by atoms with van der Waals surface area (Å²) in [6, 6.07) is 7.04. The number of hydrogen-bond acceptors (Lipinski definition) is 4. The highest BCUT2D eigenvalue weighted by atomic mass is 35.5. The van der Waals surface area contributed by atoms with E-state index in [2.05, 4.69) is 5.32 Å². The van der Waals surface area contributed by atoms with E-state index >= 15 is 0 Å². The summed E-state index contributed by atoms with van der Waals surface area (Å²) in [6.45, 7) is 0. The average Bonchev–Trinajstić information content (AvgIpc) is 3.60. The second-order valence-electron chi connectivity index (χ2n) is 8.13. The molecular formula is C24H22ClFN2O4. The van der Waals surface area contributed by atoms with E-state index in [0.29, 0.717) is 46.7 Å². The number of hydrogen-bond donors (Lipinski definition) is 4. The summed E-state index contributed by atoms with van der Waals surface area (Å²) < 4.78 is 14.6. The molecule has 32 heavy (non-hydrogen) atoms. The van der Waals surface area contributed by atoms with Crippen molar-refractivity contribution in [2.75, 3.05) is 0 Å². The Morgan fingerprint density at radius 2 is 1.84 bits per heavy atom. The quantitative estimate of drug-likeness (QED) is 0.437. The lowest BCUT2D eigenvalue weighted by molar-refractivity contribution is 0.0692. The van der Waals surface area contributed by atoms with Crippen LogP contribution in [-0.4, -0.2) is 27.8 Å². The molecule has 1 fully saturated rings. The van der Waals surface area contributed by atoms with Gasteiger partial charge in [-0.3, -0.25) is 10.2 Å². The predicted molar refractivity (Wildman–Crippen MR) is 118 cm³/mol. The number of carboxylic acids is 1. The standard InChI is InChI=1S/C24H22ClFN2O4/c25-17-6-3-5-13(12-8-9-12)21(17)23(30)28-19-7-2-1-4-14(19)22(27)15-11-20(29)16(24(31)32)10-18(15)26/h3,5-6,10-12,27,29H,1-2,4,7-9H2,(H,28,30)(H,31,32). The summed E-state index contributed by atoms with van der Waals surface area (Å²) in [4.78, 5) is 24.3. The van der Waals surface area contributed by atoms with Crippen LogP contribution in [0.25, 0.3) is 0 Å². The van der Waals surface area contributed by atoms with E-state index in [-0.39, 0.29) is 17.2 Å². The number of benzene rings is 2. The molecule has 2 aliphatic carbocycles. The van der Waals surface area contributed by atoms with Gasteiger partial charge in [0, 0.05) is 11.3 Å². The van der Waals surface area contributed by atoms with E-state index < -0.39 is 23.1 Å². The zero-order valence-electron chi connectivity index (χ0n) is 17.2. The van der Waals surface area contributed by atoms with Crippen LogP contribution in [0.1, 0.15) is 76.3 Å². The zero-order chi connectivity index (χ0) is 23.0. The highest BCUT2D eigenvalue weighted by Gasteiger charge is 2.30. The van der Waals surface area contributed by atoms with Crippen LogP contribution >= 0.6 is 11.6 Å². The van der Waals surface area contributed by atoms with Crippen molar-refractivity contribution in [1.82, 2.24) is 5.32 Å². The molecular weight excluding hydrogens is 435 g/mol. The van der Waals surface area contributed by atoms with Gasteiger partial charge < -0.3 is 15.5 Å². The molecule has 8 heteroatoms. The topological polar surface area (TPSA) is 110 Å². The van der Waals surface area contributed by atoms with Crippen LogP contribution < -0.4 is 5.32 Å². The normalized spacial score (nSPS) is 16.1. The number of phenols is 1. The fourth-order valence-corrected chi connectivity index (χ4v) is 4.39. The Labute approximate surface area is 189 Å². The van der Waals surface area contributed by atoms with E-state index in [0.717, 1.165) is 37.3 Å². The summed E-state index contributed by atoms with van der Waals surface area (Å²) in [7, 11) is 0. The van der Waals surface area contributed by atoms with Crippen LogP contribution in [0.4, 0.5) is 4.39 Å². The van der Waals surface area contributed by atoms with Crippen molar-refractivity contribution >= 4 is 29.2 Å². The number of halogens is 2. The van der Waals surface area contributed by atoms with E-state index in [1.54, 1.807) is 6.07 Å². The number of aromatic carboxylic acids is 1. The van der Waals surface area contributed by atoms with Crippen molar-refractivity contribution in [3.05, 3.63) is 74.7 Å². The predicted octanol–water partition coefficient (Wildman–Crippen LogP) is 5.39. The molecule has 0 aliphatic heterocycles. The Morgan fingerprint density at radius 1 is 1.12 bits per heavy atom. The van der Waals surface area contributed by atoms with Gasteiger partial charge in [0.15, 0.2) is 0 Å². The Hall–Kier alpha value is -3.19. The Bertz CT molecular complexity index is 1170. The molecule has 6 nitrogen and oxygen atoms in total. The number of aromatic hydroxyl groups is 1. The molecule has 0 spiro atoms. The molecule has 0 aromatic heterocycles. The molecule has 1 saturated carbocycles. The van der Waals surface area contributed by atoms with E-state index in [9.17, 15) is 19.1 Å². The molecule has 1 amide bonds. The van der Waals surface area contributed by atoms with Crippen molar-refractivity contribution in [2.45, 2.75) is 44.4 Å². The summed E-state index contributed by atoms with van der Waals surface area (Å²) in [6.07, 6.45) is 4.54. The highest BCUT2D eigenvalue weighted by molar-refractivity contribution is 6.34. The summed E-state index contributed by atoms with van der Waals surface area (Å²) in [5.41, 5.74) is 1.34. The van der Waals surface area contributed by atoms with Crippen molar-refractivity contribution in [3.8, 4) is 5.75 Å². The average molecular weight is 457 g/mol. The van der Waals surface area contributed by atoms with Gasteiger partial charge in [-0.2, -0.15) is 0 Å². The molecule has 4 rings (SSSR count). The maximum Gasteiger partial charge on any atom is 0.339 e. The second-order valence-corrected chi connectivity index (χ2v) is 8.53. The van der Waals surface area contributed by atoms with Crippen molar-refractivity contribution in [3.63, 3.8) is 0 Å². The lowest BCUT2D eigenvalue weighted by atomic mass is 9.89. The van der Waals surface area contributed by atoms with Gasteiger partial charge >= 0.3 is 5.97 Å². The van der Waals surface area contributed by atoms with Crippen LogP contribution in [0.2, 0.25) is 5.02 Å². The lowest BCUT2D eigenvalue weighted by Crippen LogP contribution is -2.28. The van der Waals surface area contributed by atoms with E-state index in [4.69, 9.17) is 22.1 Å². The summed E-state index contributed by atoms with van der Waals surface area (Å²) in [5, 5.41) is 30.8. The van der Waals surface area contributed by atoms with Crippen LogP contribution in [0.15, 0.2) is 41.6 Å². The third-order valence-electron chi connectivity index (χ3n) is 5.91. The zero-order valence-corrected chi connectivity index (χ0v) is 17.9. The number of carbonyl (C=O) groups is 2. The third kappa shape index (κ3) is 4.25. The molecule has 0 unspecified atom stereocenters. The third-order valence-corrected chi connectivity index (χ3v) is 6.22. The molecule has 0 heterocycles. The largest absolute Gasteiger partial charge is 0.507 e. The van der Waals surface area contributed by atoms with Gasteiger partial charge in [-0.05, 0) is 73.8 Å². The first-order valence-electron chi connectivity index (χ1n) is 10.4. The highest BCUT2D eigenvalue weighted by Crippen LogP contribution is 2.43. The maximum atomic E-state index is 14.6. The van der Waals surface area contributed by atoms with Crippen LogP contribution in [0.5, 0.6) is 5.75 Å². The number of allylic oxidation sites excluding steroid dienone is 2. The molecule has 0 atom stereocenters.